The Balaban J connectivity index is 1.54. The molecule has 2 heterocycles. The van der Waals surface area contributed by atoms with Crippen molar-refractivity contribution in [2.75, 3.05) is 6.61 Å². The average molecular weight is 334 g/mol. The number of nitrogens with one attached hydrogen (secondary N) is 1. The van der Waals surface area contributed by atoms with E-state index in [9.17, 15) is 19.2 Å². The van der Waals surface area contributed by atoms with Gasteiger partial charge < -0.3 is 14.9 Å². The second kappa shape index (κ2) is 6.67. The maximum Gasteiger partial charge on any atom is 0.375 e. The van der Waals surface area contributed by atoms with Crippen molar-refractivity contribution in [3.63, 3.8) is 0 Å². The lowest BCUT2D eigenvalue weighted by Crippen LogP contribution is -2.43. The van der Waals surface area contributed by atoms with Crippen molar-refractivity contribution in [1.82, 2.24) is 10.5 Å². The average Bonchev–Trinajstić information content (AvgIpc) is 3.16. The molecule has 2 aliphatic heterocycles. The van der Waals surface area contributed by atoms with E-state index in [4.69, 9.17) is 14.4 Å². The van der Waals surface area contributed by atoms with Gasteiger partial charge in [0.25, 0.3) is 5.91 Å². The summed E-state index contributed by atoms with van der Waals surface area (Å²) in [4.78, 5) is 56.6. The minimum Gasteiger partial charge on any atom is -0.450 e. The van der Waals surface area contributed by atoms with Crippen molar-refractivity contribution in [2.45, 2.75) is 25.0 Å². The molecule has 0 aromatic heterocycles. The first kappa shape index (κ1) is 15.9. The van der Waals surface area contributed by atoms with Crippen LogP contribution >= 0.6 is 0 Å². The summed E-state index contributed by atoms with van der Waals surface area (Å²) < 4.78 is 4.74. The fourth-order valence-corrected chi connectivity index (χ4v) is 2.24. The Labute approximate surface area is 136 Å². The number of cyclic esters (lactones) is 1. The molecule has 1 aromatic carbocycles. The second-order valence-corrected chi connectivity index (χ2v) is 5.21. The van der Waals surface area contributed by atoms with Crippen LogP contribution in [0, 0.1) is 0 Å². The third kappa shape index (κ3) is 3.35. The topological polar surface area (TPSA) is 111 Å². The van der Waals surface area contributed by atoms with Gasteiger partial charge in [-0.1, -0.05) is 18.2 Å². The minimum atomic E-state index is -1.05. The number of hydrogen-bond acceptors (Lipinski definition) is 7. The first-order valence-electron chi connectivity index (χ1n) is 7.28. The Morgan fingerprint density at radius 3 is 2.62 bits per heavy atom. The van der Waals surface area contributed by atoms with Gasteiger partial charge in [-0.2, -0.15) is 0 Å². The molecule has 1 unspecified atom stereocenters. The Kier molecular flexibility index (Phi) is 4.43. The molecule has 0 spiro atoms. The molecule has 2 aliphatic rings. The quantitative estimate of drug-likeness (QED) is 0.754. The maximum absolute atomic E-state index is 12.1. The van der Waals surface area contributed by atoms with Crippen LogP contribution in [0.25, 0.3) is 0 Å². The van der Waals surface area contributed by atoms with Crippen molar-refractivity contribution in [3.8, 4) is 0 Å². The number of hydroxylamine groups is 2. The van der Waals surface area contributed by atoms with Crippen LogP contribution in [0.5, 0.6) is 0 Å². The number of rotatable bonds is 4. The Morgan fingerprint density at radius 2 is 1.96 bits per heavy atom. The predicted octanol–water partition coefficient (Wildman–Crippen LogP) is -0.277. The molecule has 0 radical (unpaired) electrons. The predicted molar refractivity (Wildman–Crippen MR) is 75.7 cm³/mol. The molecule has 1 aromatic rings. The first-order valence-corrected chi connectivity index (χ1v) is 7.28. The van der Waals surface area contributed by atoms with Crippen LogP contribution in [-0.4, -0.2) is 47.7 Å². The van der Waals surface area contributed by atoms with Crippen LogP contribution in [-0.2, 0) is 28.8 Å². The van der Waals surface area contributed by atoms with E-state index >= 15 is 0 Å². The maximum atomic E-state index is 12.1. The summed E-state index contributed by atoms with van der Waals surface area (Å²) in [6.45, 7) is -0.171. The molecule has 2 fully saturated rings. The number of ether oxygens (including phenoxy) is 1. The van der Waals surface area contributed by atoms with Crippen LogP contribution in [0.1, 0.15) is 23.2 Å². The van der Waals surface area contributed by atoms with E-state index in [1.165, 1.54) is 0 Å². The molecule has 0 aliphatic carbocycles. The van der Waals surface area contributed by atoms with Crippen molar-refractivity contribution < 1.29 is 33.6 Å². The van der Waals surface area contributed by atoms with E-state index in [-0.39, 0.29) is 19.4 Å². The molecule has 1 N–H and O–H groups in total. The third-order valence-electron chi connectivity index (χ3n) is 3.50. The van der Waals surface area contributed by atoms with Gasteiger partial charge in [0.2, 0.25) is 6.10 Å². The lowest BCUT2D eigenvalue weighted by atomic mass is 10.2. The summed E-state index contributed by atoms with van der Waals surface area (Å²) >= 11 is 0. The van der Waals surface area contributed by atoms with Crippen LogP contribution < -0.4 is 5.32 Å². The Hall–Kier alpha value is -2.94. The van der Waals surface area contributed by atoms with Crippen LogP contribution in [0.3, 0.4) is 0 Å². The number of nitrogens with zero attached hydrogens (tertiary/aromatic N) is 1. The van der Waals surface area contributed by atoms with Crippen LogP contribution in [0.4, 0.5) is 0 Å². The Bertz CT molecular complexity index is 676. The van der Waals surface area contributed by atoms with E-state index in [1.54, 1.807) is 30.3 Å². The van der Waals surface area contributed by atoms with Gasteiger partial charge in [-0.05, 0) is 17.4 Å². The highest BCUT2D eigenvalue weighted by molar-refractivity contribution is 5.97. The summed E-state index contributed by atoms with van der Waals surface area (Å²) in [5.74, 6) is -2.57. The lowest BCUT2D eigenvalue weighted by Gasteiger charge is -2.15. The normalized spacial score (nSPS) is 23.1. The SMILES string of the molecule is O=C1CCC(C(=O)ON2OC[C@H](NC(=O)c3ccccc3)C2=O)O1. The fourth-order valence-electron chi connectivity index (χ4n) is 2.24. The van der Waals surface area contributed by atoms with E-state index in [0.717, 1.165) is 0 Å². The molecule has 2 saturated heterocycles. The molecule has 126 valence electrons. The highest BCUT2D eigenvalue weighted by atomic mass is 17.0. The standard InChI is InChI=1S/C15H14N2O7/c18-12-7-6-11(23-12)15(21)24-17-14(20)10(8-22-17)16-13(19)9-4-2-1-3-5-9/h1-5,10-11H,6-8H2,(H,16,19)/t10-,11?/m0/s1. The molecule has 0 saturated carbocycles. The number of carbonyl (C=O) groups excluding carboxylic acids is 4. The lowest BCUT2D eigenvalue weighted by molar-refractivity contribution is -0.306. The number of amides is 2. The monoisotopic (exact) mass is 334 g/mol. The number of hydrogen-bond donors (Lipinski definition) is 1. The zero-order valence-corrected chi connectivity index (χ0v) is 12.5. The van der Waals surface area contributed by atoms with E-state index in [1.807, 2.05) is 0 Å². The highest BCUT2D eigenvalue weighted by Crippen LogP contribution is 2.17. The van der Waals surface area contributed by atoms with E-state index < -0.39 is 35.9 Å². The number of esters is 1. The minimum absolute atomic E-state index is 0.115. The fraction of sp³-hybridized carbons (Fsp3) is 0.333. The summed E-state index contributed by atoms with van der Waals surface area (Å²) in [5, 5.41) is 2.90. The molecule has 9 nitrogen and oxygen atoms in total. The summed E-state index contributed by atoms with van der Waals surface area (Å²) in [5.41, 5.74) is 0.388. The third-order valence-corrected chi connectivity index (χ3v) is 3.50. The van der Waals surface area contributed by atoms with Gasteiger partial charge in [0.05, 0.1) is 0 Å². The smallest absolute Gasteiger partial charge is 0.375 e. The van der Waals surface area contributed by atoms with Crippen molar-refractivity contribution >= 4 is 23.8 Å². The second-order valence-electron chi connectivity index (χ2n) is 5.21. The van der Waals surface area contributed by atoms with E-state index in [0.29, 0.717) is 10.8 Å². The molecule has 2 atom stereocenters. The van der Waals surface area contributed by atoms with Gasteiger partial charge in [0.15, 0.2) is 0 Å². The molecule has 0 bridgehead atoms. The summed E-state index contributed by atoms with van der Waals surface area (Å²) in [6, 6.07) is 7.37. The summed E-state index contributed by atoms with van der Waals surface area (Å²) in [7, 11) is 0. The molecule has 9 heteroatoms. The zero-order valence-electron chi connectivity index (χ0n) is 12.5. The molecular weight excluding hydrogens is 320 g/mol. The van der Waals surface area contributed by atoms with Gasteiger partial charge in [0, 0.05) is 18.4 Å². The number of benzene rings is 1. The zero-order chi connectivity index (χ0) is 17.1. The first-order chi connectivity index (χ1) is 11.5. The van der Waals surface area contributed by atoms with Crippen LogP contribution in [0.2, 0.25) is 0 Å². The van der Waals surface area contributed by atoms with Gasteiger partial charge in [0.1, 0.15) is 12.6 Å². The molecule has 3 rings (SSSR count). The number of carbonyl (C=O) groups is 4. The van der Waals surface area contributed by atoms with Crippen molar-refractivity contribution in [2.24, 2.45) is 0 Å². The van der Waals surface area contributed by atoms with Gasteiger partial charge in [-0.25, -0.2) is 9.63 Å². The summed E-state index contributed by atoms with van der Waals surface area (Å²) in [6.07, 6.45) is -0.745. The highest BCUT2D eigenvalue weighted by Gasteiger charge is 2.40. The van der Waals surface area contributed by atoms with Gasteiger partial charge >= 0.3 is 17.8 Å². The van der Waals surface area contributed by atoms with Crippen molar-refractivity contribution in [1.29, 1.82) is 0 Å². The molecule has 24 heavy (non-hydrogen) atoms. The van der Waals surface area contributed by atoms with Crippen molar-refractivity contribution in [3.05, 3.63) is 35.9 Å². The van der Waals surface area contributed by atoms with Gasteiger partial charge in [-0.15, -0.1) is 0 Å². The Morgan fingerprint density at radius 1 is 1.21 bits per heavy atom. The van der Waals surface area contributed by atoms with Gasteiger partial charge in [-0.3, -0.25) is 14.4 Å². The van der Waals surface area contributed by atoms with Crippen LogP contribution in [0.15, 0.2) is 30.3 Å². The largest absolute Gasteiger partial charge is 0.450 e. The molecule has 2 amide bonds. The molecular formula is C15H14N2O7. The van der Waals surface area contributed by atoms with E-state index in [2.05, 4.69) is 5.32 Å².